The molecule has 2 aromatic rings. The van der Waals surface area contributed by atoms with Crippen molar-refractivity contribution in [1.29, 1.82) is 0 Å². The Kier molecular flexibility index (Phi) is 2.83. The van der Waals surface area contributed by atoms with E-state index in [9.17, 15) is 17.6 Å². The average molecular weight is 241 g/mol. The van der Waals surface area contributed by atoms with Gasteiger partial charge in [0, 0.05) is 11.8 Å². The maximum atomic E-state index is 13.3. The fraction of sp³-hybridized carbons (Fsp3) is 0.0833. The van der Waals surface area contributed by atoms with Crippen LogP contribution in [0.5, 0.6) is 0 Å². The molecule has 0 saturated heterocycles. The number of nitrogens with zero attached hydrogens (tertiary/aromatic N) is 1. The lowest BCUT2D eigenvalue weighted by molar-refractivity contribution is -0.137. The van der Waals surface area contributed by atoms with Gasteiger partial charge in [0.15, 0.2) is 0 Å². The Balaban J connectivity index is 2.40. The van der Waals surface area contributed by atoms with Gasteiger partial charge in [-0.2, -0.15) is 17.6 Å². The molecule has 0 aliphatic heterocycles. The van der Waals surface area contributed by atoms with Crippen molar-refractivity contribution >= 4 is 0 Å². The number of hydrogen-bond donors (Lipinski definition) is 0. The molecule has 88 valence electrons. The second kappa shape index (κ2) is 4.16. The number of halogens is 4. The molecule has 0 unspecified atom stereocenters. The fourth-order valence-corrected chi connectivity index (χ4v) is 1.44. The van der Waals surface area contributed by atoms with Crippen LogP contribution in [0.15, 0.2) is 42.6 Å². The standard InChI is InChI=1S/C12H7F4N/c13-11-10(2-1-7-17-11)8-3-5-9(6-4-8)12(14,15)16/h1-7H. The van der Waals surface area contributed by atoms with Crippen molar-refractivity contribution in [2.24, 2.45) is 0 Å². The van der Waals surface area contributed by atoms with Crippen molar-refractivity contribution in [2.45, 2.75) is 6.18 Å². The maximum absolute atomic E-state index is 13.3. The molecule has 0 aliphatic rings. The summed E-state index contributed by atoms with van der Waals surface area (Å²) in [6.07, 6.45) is -3.10. The summed E-state index contributed by atoms with van der Waals surface area (Å²) in [7, 11) is 0. The van der Waals surface area contributed by atoms with Crippen LogP contribution in [-0.2, 0) is 6.18 Å². The van der Waals surface area contributed by atoms with Gasteiger partial charge in [-0.15, -0.1) is 0 Å². The topological polar surface area (TPSA) is 12.9 Å². The fourth-order valence-electron chi connectivity index (χ4n) is 1.44. The van der Waals surface area contributed by atoms with E-state index >= 15 is 0 Å². The van der Waals surface area contributed by atoms with Crippen LogP contribution in [0.4, 0.5) is 17.6 Å². The highest BCUT2D eigenvalue weighted by Crippen LogP contribution is 2.31. The van der Waals surface area contributed by atoms with Gasteiger partial charge < -0.3 is 0 Å². The van der Waals surface area contributed by atoms with Gasteiger partial charge in [0.25, 0.3) is 0 Å². The van der Waals surface area contributed by atoms with Gasteiger partial charge in [-0.1, -0.05) is 12.1 Å². The Labute approximate surface area is 94.7 Å². The molecule has 2 rings (SSSR count). The van der Waals surface area contributed by atoms with E-state index in [2.05, 4.69) is 4.98 Å². The van der Waals surface area contributed by atoms with Crippen LogP contribution in [0.25, 0.3) is 11.1 Å². The third kappa shape index (κ3) is 2.43. The van der Waals surface area contributed by atoms with Crippen molar-refractivity contribution in [3.05, 3.63) is 54.1 Å². The first-order valence-electron chi connectivity index (χ1n) is 4.76. The monoisotopic (exact) mass is 241 g/mol. The summed E-state index contributed by atoms with van der Waals surface area (Å²) >= 11 is 0. The molecule has 1 nitrogen and oxygen atoms in total. The van der Waals surface area contributed by atoms with E-state index in [0.717, 1.165) is 12.1 Å². The minimum atomic E-state index is -4.38. The van der Waals surface area contributed by atoms with Crippen LogP contribution in [-0.4, -0.2) is 4.98 Å². The Morgan fingerprint density at radius 3 is 2.12 bits per heavy atom. The van der Waals surface area contributed by atoms with Crippen molar-refractivity contribution < 1.29 is 17.6 Å². The summed E-state index contributed by atoms with van der Waals surface area (Å²) in [5, 5.41) is 0. The van der Waals surface area contributed by atoms with Crippen LogP contribution >= 0.6 is 0 Å². The molecule has 1 aromatic carbocycles. The average Bonchev–Trinajstić information content (AvgIpc) is 2.29. The molecule has 1 heterocycles. The predicted octanol–water partition coefficient (Wildman–Crippen LogP) is 3.91. The van der Waals surface area contributed by atoms with E-state index < -0.39 is 17.7 Å². The number of benzene rings is 1. The molecule has 0 N–H and O–H groups in total. The van der Waals surface area contributed by atoms with Crippen LogP contribution in [0.1, 0.15) is 5.56 Å². The van der Waals surface area contributed by atoms with Gasteiger partial charge in [-0.05, 0) is 29.8 Å². The Hall–Kier alpha value is -1.91. The molecular formula is C12H7F4N. The highest BCUT2D eigenvalue weighted by atomic mass is 19.4. The Bertz CT molecular complexity index is 517. The highest BCUT2D eigenvalue weighted by molar-refractivity contribution is 5.63. The van der Waals surface area contributed by atoms with Crippen LogP contribution < -0.4 is 0 Å². The molecule has 0 bridgehead atoms. The van der Waals surface area contributed by atoms with E-state index in [4.69, 9.17) is 0 Å². The third-order valence-electron chi connectivity index (χ3n) is 2.28. The zero-order valence-electron chi connectivity index (χ0n) is 8.50. The second-order valence-corrected chi connectivity index (χ2v) is 3.42. The van der Waals surface area contributed by atoms with E-state index in [1.54, 1.807) is 0 Å². The first-order valence-corrected chi connectivity index (χ1v) is 4.76. The largest absolute Gasteiger partial charge is 0.416 e. The predicted molar refractivity (Wildman–Crippen MR) is 54.6 cm³/mol. The third-order valence-corrected chi connectivity index (χ3v) is 2.28. The van der Waals surface area contributed by atoms with Crippen LogP contribution in [0.3, 0.4) is 0 Å². The van der Waals surface area contributed by atoms with E-state index in [1.807, 2.05) is 0 Å². The number of rotatable bonds is 1. The normalized spacial score (nSPS) is 11.5. The molecule has 1 aromatic heterocycles. The number of aromatic nitrogens is 1. The quantitative estimate of drug-likeness (QED) is 0.545. The molecule has 0 aliphatic carbocycles. The summed E-state index contributed by atoms with van der Waals surface area (Å²) in [5.74, 6) is -0.702. The Morgan fingerprint density at radius 1 is 0.941 bits per heavy atom. The van der Waals surface area contributed by atoms with E-state index in [1.165, 1.54) is 30.5 Å². The lowest BCUT2D eigenvalue weighted by Crippen LogP contribution is -2.04. The van der Waals surface area contributed by atoms with Crippen molar-refractivity contribution in [2.75, 3.05) is 0 Å². The first kappa shape index (κ1) is 11.6. The number of hydrogen-bond acceptors (Lipinski definition) is 1. The van der Waals surface area contributed by atoms with Crippen molar-refractivity contribution in [3.63, 3.8) is 0 Å². The molecule has 0 atom stereocenters. The van der Waals surface area contributed by atoms with Gasteiger partial charge in [0.05, 0.1) is 5.56 Å². The molecule has 0 spiro atoms. The molecule has 0 radical (unpaired) electrons. The number of alkyl halides is 3. The smallest absolute Gasteiger partial charge is 0.228 e. The minimum Gasteiger partial charge on any atom is -0.228 e. The molecule has 17 heavy (non-hydrogen) atoms. The zero-order valence-corrected chi connectivity index (χ0v) is 8.50. The molecule has 5 heteroatoms. The van der Waals surface area contributed by atoms with Crippen molar-refractivity contribution in [3.8, 4) is 11.1 Å². The lowest BCUT2D eigenvalue weighted by atomic mass is 10.1. The van der Waals surface area contributed by atoms with Gasteiger partial charge >= 0.3 is 6.18 Å². The maximum Gasteiger partial charge on any atom is 0.416 e. The van der Waals surface area contributed by atoms with Gasteiger partial charge in [0.2, 0.25) is 5.95 Å². The summed E-state index contributed by atoms with van der Waals surface area (Å²) in [6.45, 7) is 0. The van der Waals surface area contributed by atoms with Crippen LogP contribution in [0, 0.1) is 5.95 Å². The van der Waals surface area contributed by atoms with E-state index in [-0.39, 0.29) is 5.56 Å². The Morgan fingerprint density at radius 2 is 1.59 bits per heavy atom. The molecule has 0 amide bonds. The minimum absolute atomic E-state index is 0.182. The number of pyridine rings is 1. The highest BCUT2D eigenvalue weighted by Gasteiger charge is 2.30. The van der Waals surface area contributed by atoms with Crippen molar-refractivity contribution in [1.82, 2.24) is 4.98 Å². The first-order chi connectivity index (χ1) is 7.98. The molecule has 0 fully saturated rings. The SMILES string of the molecule is Fc1ncccc1-c1ccc(C(F)(F)F)cc1. The summed E-state index contributed by atoms with van der Waals surface area (Å²) in [6, 6.07) is 7.27. The van der Waals surface area contributed by atoms with E-state index in [0.29, 0.717) is 5.56 Å². The second-order valence-electron chi connectivity index (χ2n) is 3.42. The van der Waals surface area contributed by atoms with Crippen LogP contribution in [0.2, 0.25) is 0 Å². The summed E-state index contributed by atoms with van der Waals surface area (Å²) in [4.78, 5) is 3.44. The molecule has 0 saturated carbocycles. The molecular weight excluding hydrogens is 234 g/mol. The van der Waals surface area contributed by atoms with Gasteiger partial charge in [-0.3, -0.25) is 0 Å². The summed E-state index contributed by atoms with van der Waals surface area (Å²) < 4.78 is 50.2. The summed E-state index contributed by atoms with van der Waals surface area (Å²) in [5.41, 5.74) is -0.213. The zero-order chi connectivity index (χ0) is 12.5. The van der Waals surface area contributed by atoms with Gasteiger partial charge in [-0.25, -0.2) is 4.98 Å². The lowest BCUT2D eigenvalue weighted by Gasteiger charge is -2.07. The van der Waals surface area contributed by atoms with Gasteiger partial charge in [0.1, 0.15) is 0 Å².